The average Bonchev–Trinajstić information content (AvgIpc) is 2.54. The Morgan fingerprint density at radius 1 is 1.12 bits per heavy atom. The van der Waals surface area contributed by atoms with E-state index in [-0.39, 0.29) is 12.0 Å². The van der Waals surface area contributed by atoms with E-state index in [9.17, 15) is 9.59 Å². The molecule has 0 aromatic heterocycles. The van der Waals surface area contributed by atoms with Crippen molar-refractivity contribution < 1.29 is 14.3 Å². The van der Waals surface area contributed by atoms with E-state index >= 15 is 0 Å². The Labute approximate surface area is 153 Å². The summed E-state index contributed by atoms with van der Waals surface area (Å²) in [5, 5.41) is 2.91. The predicted molar refractivity (Wildman–Crippen MR) is 101 cm³/mol. The Hall–Kier alpha value is -1.73. The number of nitrogens with zero attached hydrogens (tertiary/aromatic N) is 2. The highest BCUT2D eigenvalue weighted by atomic mass is 32.2. The van der Waals surface area contributed by atoms with Gasteiger partial charge in [0, 0.05) is 36.8 Å². The predicted octanol–water partition coefficient (Wildman–Crippen LogP) is 2.90. The number of amides is 2. The van der Waals surface area contributed by atoms with Crippen LogP contribution in [0.25, 0.3) is 0 Å². The van der Waals surface area contributed by atoms with Crippen molar-refractivity contribution in [3.63, 3.8) is 0 Å². The van der Waals surface area contributed by atoms with E-state index in [2.05, 4.69) is 5.32 Å². The van der Waals surface area contributed by atoms with Crippen molar-refractivity contribution in [3.05, 3.63) is 24.3 Å². The van der Waals surface area contributed by atoms with Crippen molar-refractivity contribution >= 4 is 29.4 Å². The molecule has 1 fully saturated rings. The van der Waals surface area contributed by atoms with Gasteiger partial charge in [-0.2, -0.15) is 0 Å². The first-order chi connectivity index (χ1) is 11.8. The lowest BCUT2D eigenvalue weighted by atomic mass is 10.2. The van der Waals surface area contributed by atoms with Crippen molar-refractivity contribution in [2.24, 2.45) is 0 Å². The van der Waals surface area contributed by atoms with E-state index in [1.54, 1.807) is 16.7 Å². The summed E-state index contributed by atoms with van der Waals surface area (Å²) in [5.74, 6) is -0.0392. The first-order valence-electron chi connectivity index (χ1n) is 8.41. The molecular weight excluding hydrogens is 338 g/mol. The minimum atomic E-state index is -0.486. The number of thioether (sulfide) groups is 1. The van der Waals surface area contributed by atoms with Crippen LogP contribution in [0.2, 0.25) is 0 Å². The third-order valence-electron chi connectivity index (χ3n) is 3.76. The molecule has 1 aromatic rings. The summed E-state index contributed by atoms with van der Waals surface area (Å²) in [6, 6.07) is 7.79. The van der Waals surface area contributed by atoms with Crippen LogP contribution in [0.3, 0.4) is 0 Å². The Bertz CT molecular complexity index is 591. The van der Waals surface area contributed by atoms with E-state index in [0.717, 1.165) is 10.6 Å². The summed E-state index contributed by atoms with van der Waals surface area (Å²) in [6.07, 6.45) is 1.73. The maximum Gasteiger partial charge on any atom is 0.410 e. The first-order valence-corrected chi connectivity index (χ1v) is 9.63. The summed E-state index contributed by atoms with van der Waals surface area (Å²) in [5.41, 5.74) is 0.315. The summed E-state index contributed by atoms with van der Waals surface area (Å²) in [7, 11) is 0. The molecule has 0 spiro atoms. The average molecular weight is 365 g/mol. The summed E-state index contributed by atoms with van der Waals surface area (Å²) in [4.78, 5) is 29.1. The number of piperazine rings is 1. The number of rotatable bonds is 4. The molecule has 1 aliphatic rings. The smallest absolute Gasteiger partial charge is 0.410 e. The Morgan fingerprint density at radius 3 is 2.24 bits per heavy atom. The molecule has 1 saturated heterocycles. The molecule has 1 N–H and O–H groups in total. The molecule has 0 unspecified atom stereocenters. The molecule has 25 heavy (non-hydrogen) atoms. The molecule has 7 heteroatoms. The normalized spacial score (nSPS) is 15.8. The summed E-state index contributed by atoms with van der Waals surface area (Å²) < 4.78 is 5.38. The number of nitrogens with one attached hydrogen (secondary N) is 1. The zero-order valence-electron chi connectivity index (χ0n) is 15.4. The van der Waals surface area contributed by atoms with Gasteiger partial charge in [0.05, 0.1) is 6.54 Å². The minimum Gasteiger partial charge on any atom is -0.444 e. The number of carbonyl (C=O) groups excluding carboxylic acids is 2. The fourth-order valence-electron chi connectivity index (χ4n) is 2.49. The fraction of sp³-hybridized carbons (Fsp3) is 0.556. The first kappa shape index (κ1) is 19.6. The Balaban J connectivity index is 1.75. The molecule has 2 rings (SSSR count). The fourth-order valence-corrected chi connectivity index (χ4v) is 2.90. The monoisotopic (exact) mass is 365 g/mol. The zero-order valence-corrected chi connectivity index (χ0v) is 16.2. The van der Waals surface area contributed by atoms with E-state index in [4.69, 9.17) is 4.74 Å². The van der Waals surface area contributed by atoms with Gasteiger partial charge in [0.25, 0.3) is 0 Å². The number of hydrogen-bond donors (Lipinski definition) is 1. The lowest BCUT2D eigenvalue weighted by molar-refractivity contribution is -0.117. The molecule has 0 bridgehead atoms. The van der Waals surface area contributed by atoms with Gasteiger partial charge in [0.2, 0.25) is 5.91 Å². The van der Waals surface area contributed by atoms with Gasteiger partial charge in [-0.25, -0.2) is 4.79 Å². The van der Waals surface area contributed by atoms with Gasteiger partial charge in [0.15, 0.2) is 0 Å². The SMILES string of the molecule is CSc1ccc(NC(=O)CN2CCN(C(=O)OC(C)(C)C)CC2)cc1. The number of carbonyl (C=O) groups is 2. The van der Waals surface area contributed by atoms with E-state index in [1.165, 1.54) is 0 Å². The van der Waals surface area contributed by atoms with Gasteiger partial charge in [-0.3, -0.25) is 9.69 Å². The summed E-state index contributed by atoms with van der Waals surface area (Å²) in [6.45, 7) is 8.38. The minimum absolute atomic E-state index is 0.0392. The van der Waals surface area contributed by atoms with Gasteiger partial charge in [-0.05, 0) is 51.3 Å². The molecule has 0 aliphatic carbocycles. The van der Waals surface area contributed by atoms with Gasteiger partial charge >= 0.3 is 6.09 Å². The Kier molecular flexibility index (Phi) is 6.72. The third-order valence-corrected chi connectivity index (χ3v) is 4.51. The molecule has 2 amide bonds. The van der Waals surface area contributed by atoms with Gasteiger partial charge in [-0.15, -0.1) is 11.8 Å². The second-order valence-electron chi connectivity index (χ2n) is 7.02. The molecule has 1 heterocycles. The van der Waals surface area contributed by atoms with Crippen molar-refractivity contribution in [2.75, 3.05) is 44.3 Å². The van der Waals surface area contributed by atoms with Crippen LogP contribution in [-0.4, -0.2) is 66.4 Å². The number of hydrogen-bond acceptors (Lipinski definition) is 5. The second kappa shape index (κ2) is 8.58. The molecule has 6 nitrogen and oxygen atoms in total. The highest BCUT2D eigenvalue weighted by Gasteiger charge is 2.26. The highest BCUT2D eigenvalue weighted by molar-refractivity contribution is 7.98. The lowest BCUT2D eigenvalue weighted by Crippen LogP contribution is -2.51. The van der Waals surface area contributed by atoms with E-state index in [0.29, 0.717) is 32.7 Å². The third kappa shape index (κ3) is 6.59. The quantitative estimate of drug-likeness (QED) is 0.832. The molecule has 1 aliphatic heterocycles. The van der Waals surface area contributed by atoms with Gasteiger partial charge in [-0.1, -0.05) is 0 Å². The standard InChI is InChI=1S/C18H27N3O3S/c1-18(2,3)24-17(23)21-11-9-20(10-12-21)13-16(22)19-14-5-7-15(25-4)8-6-14/h5-8H,9-13H2,1-4H3,(H,19,22). The van der Waals surface area contributed by atoms with Gasteiger partial charge in [0.1, 0.15) is 5.60 Å². The lowest BCUT2D eigenvalue weighted by Gasteiger charge is -2.35. The number of ether oxygens (including phenoxy) is 1. The number of benzene rings is 1. The molecule has 0 radical (unpaired) electrons. The molecule has 0 saturated carbocycles. The van der Waals surface area contributed by atoms with Crippen LogP contribution in [0.1, 0.15) is 20.8 Å². The molecule has 0 atom stereocenters. The van der Waals surface area contributed by atoms with Crippen molar-refractivity contribution in [1.82, 2.24) is 9.80 Å². The number of anilines is 1. The highest BCUT2D eigenvalue weighted by Crippen LogP contribution is 2.17. The molecular formula is C18H27N3O3S. The van der Waals surface area contributed by atoms with Crippen LogP contribution >= 0.6 is 11.8 Å². The van der Waals surface area contributed by atoms with E-state index < -0.39 is 5.60 Å². The van der Waals surface area contributed by atoms with E-state index in [1.807, 2.05) is 56.2 Å². The van der Waals surface area contributed by atoms with Crippen LogP contribution < -0.4 is 5.32 Å². The summed E-state index contributed by atoms with van der Waals surface area (Å²) >= 11 is 1.67. The molecule has 138 valence electrons. The van der Waals surface area contributed by atoms with Gasteiger partial charge < -0.3 is 15.0 Å². The molecule has 1 aromatic carbocycles. The maximum absolute atomic E-state index is 12.2. The van der Waals surface area contributed by atoms with Crippen molar-refractivity contribution in [2.45, 2.75) is 31.3 Å². The van der Waals surface area contributed by atoms with Crippen LogP contribution in [-0.2, 0) is 9.53 Å². The zero-order chi connectivity index (χ0) is 18.4. The maximum atomic E-state index is 12.2. The van der Waals surface area contributed by atoms with Crippen LogP contribution in [0.5, 0.6) is 0 Å². The van der Waals surface area contributed by atoms with Crippen molar-refractivity contribution in [1.29, 1.82) is 0 Å². The van der Waals surface area contributed by atoms with Crippen molar-refractivity contribution in [3.8, 4) is 0 Å². The topological polar surface area (TPSA) is 61.9 Å². The van der Waals surface area contributed by atoms with Crippen LogP contribution in [0.4, 0.5) is 10.5 Å². The van der Waals surface area contributed by atoms with Crippen LogP contribution in [0.15, 0.2) is 29.2 Å². The Morgan fingerprint density at radius 2 is 1.72 bits per heavy atom. The second-order valence-corrected chi connectivity index (χ2v) is 7.90. The largest absolute Gasteiger partial charge is 0.444 e. The van der Waals surface area contributed by atoms with Crippen LogP contribution in [0, 0.1) is 0 Å².